The summed E-state index contributed by atoms with van der Waals surface area (Å²) in [5.74, 6) is -0.582. The fourth-order valence-electron chi connectivity index (χ4n) is 1.98. The van der Waals surface area contributed by atoms with E-state index in [1.807, 2.05) is 12.1 Å². The van der Waals surface area contributed by atoms with Gasteiger partial charge in [0, 0.05) is 31.3 Å². The second kappa shape index (κ2) is 7.28. The number of carbonyl (C=O) groups excluding carboxylic acids is 1. The molecule has 7 heteroatoms. The molecule has 2 aromatic heterocycles. The van der Waals surface area contributed by atoms with Crippen molar-refractivity contribution in [3.63, 3.8) is 0 Å². The zero-order valence-electron chi connectivity index (χ0n) is 12.6. The first kappa shape index (κ1) is 15.5. The van der Waals surface area contributed by atoms with Crippen molar-refractivity contribution in [2.24, 2.45) is 0 Å². The number of rotatable bonds is 5. The van der Waals surface area contributed by atoms with Crippen LogP contribution in [-0.4, -0.2) is 20.9 Å². The van der Waals surface area contributed by atoms with Gasteiger partial charge in [-0.1, -0.05) is 18.2 Å². The molecule has 120 valence electrons. The number of amides is 1. The van der Waals surface area contributed by atoms with Gasteiger partial charge in [0.1, 0.15) is 5.82 Å². The number of carbonyl (C=O) groups is 1. The van der Waals surface area contributed by atoms with Crippen LogP contribution in [-0.2, 0) is 6.54 Å². The molecule has 0 saturated carbocycles. The van der Waals surface area contributed by atoms with E-state index in [0.717, 1.165) is 5.56 Å². The van der Waals surface area contributed by atoms with Crippen LogP contribution in [0.2, 0.25) is 0 Å². The summed E-state index contributed by atoms with van der Waals surface area (Å²) < 4.78 is 13.5. The lowest BCUT2D eigenvalue weighted by atomic mass is 10.2. The van der Waals surface area contributed by atoms with Crippen molar-refractivity contribution in [2.45, 2.75) is 6.54 Å². The first-order chi connectivity index (χ1) is 11.7. The van der Waals surface area contributed by atoms with Crippen LogP contribution in [0, 0.1) is 5.82 Å². The van der Waals surface area contributed by atoms with Crippen molar-refractivity contribution < 1.29 is 9.18 Å². The molecule has 0 fully saturated rings. The molecule has 0 aliphatic heterocycles. The average molecular weight is 323 g/mol. The summed E-state index contributed by atoms with van der Waals surface area (Å²) in [5, 5.41) is 5.51. The predicted molar refractivity (Wildman–Crippen MR) is 87.9 cm³/mol. The van der Waals surface area contributed by atoms with Crippen molar-refractivity contribution in [3.05, 3.63) is 78.1 Å². The first-order valence-corrected chi connectivity index (χ1v) is 7.23. The molecular formula is C17H14FN5O. The number of anilines is 2. The lowest BCUT2D eigenvalue weighted by Gasteiger charge is -2.07. The zero-order chi connectivity index (χ0) is 16.8. The molecule has 0 bridgehead atoms. The number of benzene rings is 1. The van der Waals surface area contributed by atoms with Crippen LogP contribution in [0.5, 0.6) is 0 Å². The minimum absolute atomic E-state index is 0.112. The molecule has 0 spiro atoms. The molecule has 0 atom stereocenters. The Balaban J connectivity index is 1.61. The number of hydrogen-bond acceptors (Lipinski definition) is 5. The van der Waals surface area contributed by atoms with Gasteiger partial charge in [0.2, 0.25) is 5.95 Å². The molecule has 1 amide bonds. The molecule has 0 saturated heterocycles. The normalized spacial score (nSPS) is 10.2. The molecular weight excluding hydrogens is 309 g/mol. The van der Waals surface area contributed by atoms with Crippen molar-refractivity contribution in [2.75, 3.05) is 10.6 Å². The molecule has 0 radical (unpaired) electrons. The molecule has 0 aliphatic rings. The highest BCUT2D eigenvalue weighted by Gasteiger charge is 2.10. The summed E-state index contributed by atoms with van der Waals surface area (Å²) in [6.45, 7) is 0.522. The van der Waals surface area contributed by atoms with E-state index in [9.17, 15) is 9.18 Å². The van der Waals surface area contributed by atoms with Crippen LogP contribution in [0.1, 0.15) is 15.9 Å². The molecule has 6 nitrogen and oxygen atoms in total. The summed E-state index contributed by atoms with van der Waals surface area (Å²) in [7, 11) is 0. The Morgan fingerprint density at radius 2 is 1.83 bits per heavy atom. The van der Waals surface area contributed by atoms with E-state index in [1.165, 1.54) is 24.5 Å². The number of para-hydroxylation sites is 1. The zero-order valence-corrected chi connectivity index (χ0v) is 12.6. The Morgan fingerprint density at radius 3 is 2.54 bits per heavy atom. The van der Waals surface area contributed by atoms with Gasteiger partial charge in [-0.25, -0.2) is 14.4 Å². The summed E-state index contributed by atoms with van der Waals surface area (Å²) in [6.07, 6.45) is 6.20. The molecule has 1 aromatic carbocycles. The number of aromatic nitrogens is 3. The largest absolute Gasteiger partial charge is 0.350 e. The standard InChI is InChI=1S/C17H14FN5O/c18-14-5-1-2-6-15(14)23-16(24)13-10-21-17(22-11-13)20-9-12-4-3-7-19-8-12/h1-8,10-11H,9H2,(H,23,24)(H,20,21,22). The van der Waals surface area contributed by atoms with Crippen LogP contribution in [0.25, 0.3) is 0 Å². The van der Waals surface area contributed by atoms with Gasteiger partial charge in [0.25, 0.3) is 5.91 Å². The van der Waals surface area contributed by atoms with E-state index >= 15 is 0 Å². The maximum Gasteiger partial charge on any atom is 0.258 e. The van der Waals surface area contributed by atoms with E-state index in [1.54, 1.807) is 24.5 Å². The van der Waals surface area contributed by atoms with Gasteiger partial charge in [-0.2, -0.15) is 0 Å². The predicted octanol–water partition coefficient (Wildman–Crippen LogP) is 2.88. The van der Waals surface area contributed by atoms with Gasteiger partial charge in [0.05, 0.1) is 11.3 Å². The minimum atomic E-state index is -0.499. The number of hydrogen-bond donors (Lipinski definition) is 2. The molecule has 2 N–H and O–H groups in total. The van der Waals surface area contributed by atoms with Crippen molar-refractivity contribution in [1.29, 1.82) is 0 Å². The maximum atomic E-state index is 13.5. The number of pyridine rings is 1. The number of nitrogens with one attached hydrogen (secondary N) is 2. The van der Waals surface area contributed by atoms with Gasteiger partial charge >= 0.3 is 0 Å². The van der Waals surface area contributed by atoms with Crippen molar-refractivity contribution in [1.82, 2.24) is 15.0 Å². The van der Waals surface area contributed by atoms with E-state index in [-0.39, 0.29) is 11.3 Å². The Bertz CT molecular complexity index is 824. The lowest BCUT2D eigenvalue weighted by molar-refractivity contribution is 0.102. The highest BCUT2D eigenvalue weighted by molar-refractivity contribution is 6.03. The van der Waals surface area contributed by atoms with Crippen LogP contribution < -0.4 is 10.6 Å². The van der Waals surface area contributed by atoms with E-state index in [0.29, 0.717) is 12.5 Å². The molecule has 3 rings (SSSR count). The maximum absolute atomic E-state index is 13.5. The summed E-state index contributed by atoms with van der Waals surface area (Å²) in [5.41, 5.74) is 1.34. The van der Waals surface area contributed by atoms with Crippen LogP contribution in [0.15, 0.2) is 61.2 Å². The second-order valence-corrected chi connectivity index (χ2v) is 4.94. The second-order valence-electron chi connectivity index (χ2n) is 4.94. The van der Waals surface area contributed by atoms with Gasteiger partial charge in [-0.3, -0.25) is 9.78 Å². The Kier molecular flexibility index (Phi) is 4.71. The minimum Gasteiger partial charge on any atom is -0.350 e. The molecule has 3 aromatic rings. The summed E-state index contributed by atoms with van der Waals surface area (Å²) in [4.78, 5) is 24.3. The van der Waals surface area contributed by atoms with Gasteiger partial charge < -0.3 is 10.6 Å². The molecule has 0 unspecified atom stereocenters. The van der Waals surface area contributed by atoms with Crippen LogP contribution in [0.3, 0.4) is 0 Å². The molecule has 24 heavy (non-hydrogen) atoms. The monoisotopic (exact) mass is 323 g/mol. The Hall–Kier alpha value is -3.35. The van der Waals surface area contributed by atoms with E-state index in [2.05, 4.69) is 25.6 Å². The van der Waals surface area contributed by atoms with Crippen molar-refractivity contribution >= 4 is 17.5 Å². The lowest BCUT2D eigenvalue weighted by Crippen LogP contribution is -2.14. The third kappa shape index (κ3) is 3.89. The topological polar surface area (TPSA) is 79.8 Å². The third-order valence-electron chi connectivity index (χ3n) is 3.21. The van der Waals surface area contributed by atoms with Gasteiger partial charge in [-0.05, 0) is 23.8 Å². The quantitative estimate of drug-likeness (QED) is 0.755. The smallest absolute Gasteiger partial charge is 0.258 e. The highest BCUT2D eigenvalue weighted by Crippen LogP contribution is 2.14. The average Bonchev–Trinajstić information content (AvgIpc) is 2.63. The first-order valence-electron chi connectivity index (χ1n) is 7.23. The number of nitrogens with zero attached hydrogens (tertiary/aromatic N) is 3. The van der Waals surface area contributed by atoms with E-state index in [4.69, 9.17) is 0 Å². The fourth-order valence-corrected chi connectivity index (χ4v) is 1.98. The highest BCUT2D eigenvalue weighted by atomic mass is 19.1. The summed E-state index contributed by atoms with van der Waals surface area (Å²) >= 11 is 0. The Morgan fingerprint density at radius 1 is 1.04 bits per heavy atom. The van der Waals surface area contributed by atoms with E-state index < -0.39 is 11.7 Å². The molecule has 0 aliphatic carbocycles. The fraction of sp³-hybridized carbons (Fsp3) is 0.0588. The molecule has 2 heterocycles. The van der Waals surface area contributed by atoms with Crippen LogP contribution in [0.4, 0.5) is 16.0 Å². The summed E-state index contributed by atoms with van der Waals surface area (Å²) in [6, 6.07) is 9.72. The Labute approximate surface area is 137 Å². The SMILES string of the molecule is O=C(Nc1ccccc1F)c1cnc(NCc2cccnc2)nc1. The van der Waals surface area contributed by atoms with Crippen molar-refractivity contribution in [3.8, 4) is 0 Å². The number of halogens is 1. The van der Waals surface area contributed by atoms with Gasteiger partial charge in [0.15, 0.2) is 0 Å². The third-order valence-corrected chi connectivity index (χ3v) is 3.21. The van der Waals surface area contributed by atoms with Gasteiger partial charge in [-0.15, -0.1) is 0 Å². The van der Waals surface area contributed by atoms with Crippen LogP contribution >= 0.6 is 0 Å².